The van der Waals surface area contributed by atoms with Gasteiger partial charge in [0.1, 0.15) is 9.34 Å². The van der Waals surface area contributed by atoms with E-state index in [1.807, 2.05) is 0 Å². The van der Waals surface area contributed by atoms with Crippen molar-refractivity contribution >= 4 is 22.9 Å². The highest BCUT2D eigenvalue weighted by atomic mass is 35.5. The summed E-state index contributed by atoms with van der Waals surface area (Å²) in [5, 5.41) is 14.1. The Morgan fingerprint density at radius 2 is 2.33 bits per heavy atom. The lowest BCUT2D eigenvalue weighted by Crippen LogP contribution is -2.41. The summed E-state index contributed by atoms with van der Waals surface area (Å²) in [6.07, 6.45) is 5.78. The normalized spacial score (nSPS) is 26.8. The van der Waals surface area contributed by atoms with Crippen LogP contribution in [-0.4, -0.2) is 22.2 Å². The van der Waals surface area contributed by atoms with Crippen LogP contribution in [0.15, 0.2) is 6.20 Å². The van der Waals surface area contributed by atoms with Crippen LogP contribution in [0.5, 0.6) is 0 Å². The number of aromatic nitrogens is 1. The van der Waals surface area contributed by atoms with E-state index in [1.54, 1.807) is 6.20 Å². The van der Waals surface area contributed by atoms with Gasteiger partial charge < -0.3 is 10.4 Å². The van der Waals surface area contributed by atoms with Crippen LogP contribution >= 0.6 is 22.9 Å². The molecular weight excluding hydrogens is 232 g/mol. The van der Waals surface area contributed by atoms with Gasteiger partial charge in [-0.05, 0) is 12.8 Å². The fourth-order valence-corrected chi connectivity index (χ4v) is 2.84. The lowest BCUT2D eigenvalue weighted by Gasteiger charge is -2.28. The predicted molar refractivity (Wildman–Crippen MR) is 62.2 cm³/mol. The van der Waals surface area contributed by atoms with Crippen molar-refractivity contribution in [3.8, 4) is 0 Å². The fraction of sp³-hybridized carbons (Fsp3) is 0.700. The lowest BCUT2D eigenvalue weighted by atomic mass is 9.93. The second-order valence-corrected chi connectivity index (χ2v) is 5.64. The number of hydrogen-bond acceptors (Lipinski definition) is 4. The second kappa shape index (κ2) is 5.25. The molecule has 84 valence electrons. The molecule has 0 aromatic carbocycles. The van der Waals surface area contributed by atoms with Crippen LogP contribution in [0, 0.1) is 0 Å². The van der Waals surface area contributed by atoms with Crippen LogP contribution in [0.2, 0.25) is 4.34 Å². The smallest absolute Gasteiger partial charge is 0.113 e. The molecule has 1 heterocycles. The Balaban J connectivity index is 1.81. The summed E-state index contributed by atoms with van der Waals surface area (Å²) in [6.45, 7) is 0.707. The summed E-state index contributed by atoms with van der Waals surface area (Å²) < 4.78 is 0.719. The van der Waals surface area contributed by atoms with Crippen LogP contribution in [0.25, 0.3) is 0 Å². The van der Waals surface area contributed by atoms with E-state index in [9.17, 15) is 5.11 Å². The highest BCUT2D eigenvalue weighted by Crippen LogP contribution is 2.21. The van der Waals surface area contributed by atoms with E-state index in [0.717, 1.165) is 28.6 Å². The summed E-state index contributed by atoms with van der Waals surface area (Å²) in [5.41, 5.74) is 0. The van der Waals surface area contributed by atoms with E-state index in [-0.39, 0.29) is 12.1 Å². The molecule has 0 amide bonds. The first kappa shape index (κ1) is 11.3. The molecule has 2 N–H and O–H groups in total. The minimum atomic E-state index is -0.200. The Labute approximate surface area is 98.5 Å². The molecule has 3 nitrogen and oxygen atoms in total. The Bertz CT molecular complexity index is 318. The van der Waals surface area contributed by atoms with Crippen LogP contribution in [0.1, 0.15) is 30.7 Å². The number of halogens is 1. The van der Waals surface area contributed by atoms with Crippen molar-refractivity contribution < 1.29 is 5.11 Å². The average Bonchev–Trinajstić information content (AvgIpc) is 2.63. The molecule has 0 aliphatic heterocycles. The first-order chi connectivity index (χ1) is 7.25. The quantitative estimate of drug-likeness (QED) is 0.860. The van der Waals surface area contributed by atoms with Crippen molar-refractivity contribution in [2.24, 2.45) is 0 Å². The summed E-state index contributed by atoms with van der Waals surface area (Å²) in [6, 6.07) is 0.224. The van der Waals surface area contributed by atoms with Gasteiger partial charge in [-0.1, -0.05) is 24.4 Å². The first-order valence-electron chi connectivity index (χ1n) is 5.27. The fourth-order valence-electron chi connectivity index (χ4n) is 1.94. The molecule has 0 saturated heterocycles. The van der Waals surface area contributed by atoms with Gasteiger partial charge in [0.05, 0.1) is 12.3 Å². The first-order valence-corrected chi connectivity index (χ1v) is 6.47. The molecule has 2 atom stereocenters. The van der Waals surface area contributed by atoms with Crippen LogP contribution in [0.4, 0.5) is 0 Å². The molecule has 2 rings (SSSR count). The Morgan fingerprint density at radius 3 is 3.00 bits per heavy atom. The minimum Gasteiger partial charge on any atom is -0.392 e. The zero-order chi connectivity index (χ0) is 10.7. The molecule has 0 spiro atoms. The van der Waals surface area contributed by atoms with E-state index in [4.69, 9.17) is 11.6 Å². The highest BCUT2D eigenvalue weighted by molar-refractivity contribution is 7.15. The molecule has 1 aliphatic carbocycles. The minimum absolute atomic E-state index is 0.200. The third-order valence-electron chi connectivity index (χ3n) is 2.77. The van der Waals surface area contributed by atoms with E-state index in [2.05, 4.69) is 10.3 Å². The molecule has 1 saturated carbocycles. The summed E-state index contributed by atoms with van der Waals surface area (Å²) in [5.74, 6) is 0. The van der Waals surface area contributed by atoms with E-state index in [1.165, 1.54) is 17.8 Å². The molecular formula is C10H15ClN2OS. The maximum Gasteiger partial charge on any atom is 0.113 e. The van der Waals surface area contributed by atoms with E-state index in [0.29, 0.717) is 6.54 Å². The zero-order valence-electron chi connectivity index (χ0n) is 8.45. The monoisotopic (exact) mass is 246 g/mol. The van der Waals surface area contributed by atoms with Crippen molar-refractivity contribution in [2.45, 2.75) is 44.4 Å². The summed E-state index contributed by atoms with van der Waals surface area (Å²) in [4.78, 5) is 4.17. The van der Waals surface area contributed by atoms with Crippen molar-refractivity contribution in [1.29, 1.82) is 0 Å². The van der Waals surface area contributed by atoms with Crippen molar-refractivity contribution in [3.63, 3.8) is 0 Å². The van der Waals surface area contributed by atoms with Gasteiger partial charge in [-0.3, -0.25) is 0 Å². The van der Waals surface area contributed by atoms with Gasteiger partial charge in [-0.15, -0.1) is 11.3 Å². The predicted octanol–water partition coefficient (Wildman–Crippen LogP) is 2.19. The van der Waals surface area contributed by atoms with Gasteiger partial charge in [-0.25, -0.2) is 4.98 Å². The molecule has 15 heavy (non-hydrogen) atoms. The Kier molecular flexibility index (Phi) is 3.97. The van der Waals surface area contributed by atoms with Gasteiger partial charge in [0.15, 0.2) is 0 Å². The van der Waals surface area contributed by atoms with Crippen molar-refractivity contribution in [1.82, 2.24) is 10.3 Å². The number of rotatable bonds is 3. The molecule has 1 aromatic rings. The van der Waals surface area contributed by atoms with Crippen LogP contribution < -0.4 is 5.32 Å². The van der Waals surface area contributed by atoms with Gasteiger partial charge in [0.25, 0.3) is 0 Å². The van der Waals surface area contributed by atoms with Crippen molar-refractivity contribution in [2.75, 3.05) is 0 Å². The highest BCUT2D eigenvalue weighted by Gasteiger charge is 2.22. The zero-order valence-corrected chi connectivity index (χ0v) is 10.0. The van der Waals surface area contributed by atoms with E-state index >= 15 is 0 Å². The molecule has 2 unspecified atom stereocenters. The average molecular weight is 247 g/mol. The third-order valence-corrected chi connectivity index (χ3v) is 3.89. The third kappa shape index (κ3) is 3.14. The number of hydrogen-bond donors (Lipinski definition) is 2. The number of nitrogens with zero attached hydrogens (tertiary/aromatic N) is 1. The summed E-state index contributed by atoms with van der Waals surface area (Å²) in [7, 11) is 0. The number of aliphatic hydroxyl groups excluding tert-OH is 1. The van der Waals surface area contributed by atoms with Gasteiger partial charge in [0.2, 0.25) is 0 Å². The second-order valence-electron chi connectivity index (χ2n) is 3.90. The topological polar surface area (TPSA) is 45.1 Å². The maximum atomic E-state index is 9.75. The molecule has 1 aliphatic rings. The molecule has 5 heteroatoms. The standard InChI is InChI=1S/C10H15ClN2OS/c11-9-5-13-10(15-9)6-12-7-3-1-2-4-8(7)14/h5,7-8,12,14H,1-4,6H2. The SMILES string of the molecule is OC1CCCCC1NCc1ncc(Cl)s1. The van der Waals surface area contributed by atoms with Crippen molar-refractivity contribution in [3.05, 3.63) is 15.5 Å². The lowest BCUT2D eigenvalue weighted by molar-refractivity contribution is 0.0902. The number of nitrogens with one attached hydrogen (secondary N) is 1. The largest absolute Gasteiger partial charge is 0.392 e. The number of aliphatic hydroxyl groups is 1. The van der Waals surface area contributed by atoms with Crippen LogP contribution in [-0.2, 0) is 6.54 Å². The molecule has 0 bridgehead atoms. The van der Waals surface area contributed by atoms with Gasteiger partial charge in [0, 0.05) is 12.6 Å². The molecule has 1 fully saturated rings. The van der Waals surface area contributed by atoms with Gasteiger partial charge in [-0.2, -0.15) is 0 Å². The number of thiazole rings is 1. The Morgan fingerprint density at radius 1 is 1.53 bits per heavy atom. The molecule has 0 radical (unpaired) electrons. The summed E-state index contributed by atoms with van der Waals surface area (Å²) >= 11 is 7.28. The molecule has 1 aromatic heterocycles. The van der Waals surface area contributed by atoms with Gasteiger partial charge >= 0.3 is 0 Å². The maximum absolute atomic E-state index is 9.75. The van der Waals surface area contributed by atoms with Crippen LogP contribution in [0.3, 0.4) is 0 Å². The van der Waals surface area contributed by atoms with E-state index < -0.39 is 0 Å². The Hall–Kier alpha value is -0.160.